The molecular weight excluding hydrogens is 471 g/mol. The van der Waals surface area contributed by atoms with Crippen LogP contribution in [0.4, 0.5) is 0 Å². The summed E-state index contributed by atoms with van der Waals surface area (Å²) in [7, 11) is -0.376. The lowest BCUT2D eigenvalue weighted by Crippen LogP contribution is -2.41. The minimum atomic E-state index is -0.376. The van der Waals surface area contributed by atoms with Crippen molar-refractivity contribution in [3.8, 4) is 22.3 Å². The number of rotatable bonds is 2. The van der Waals surface area contributed by atoms with Crippen LogP contribution in [0.2, 0.25) is 0 Å². The van der Waals surface area contributed by atoms with E-state index in [2.05, 4.69) is 120 Å². The first-order chi connectivity index (χ1) is 17.6. The van der Waals surface area contributed by atoms with Crippen molar-refractivity contribution in [2.75, 3.05) is 0 Å². The van der Waals surface area contributed by atoms with Crippen LogP contribution in [0.1, 0.15) is 52.7 Å². The Labute approximate surface area is 223 Å². The fourth-order valence-electron chi connectivity index (χ4n) is 6.23. The van der Waals surface area contributed by atoms with E-state index in [1.165, 1.54) is 53.6 Å². The lowest BCUT2D eigenvalue weighted by molar-refractivity contribution is 0.00578. The van der Waals surface area contributed by atoms with Gasteiger partial charge in [0.15, 0.2) is 0 Å². The van der Waals surface area contributed by atoms with Crippen LogP contribution in [0.15, 0.2) is 78.9 Å². The van der Waals surface area contributed by atoms with Gasteiger partial charge >= 0.3 is 7.12 Å². The number of thiophene rings is 1. The molecule has 0 bridgehead atoms. The van der Waals surface area contributed by atoms with Crippen LogP contribution in [0.3, 0.4) is 0 Å². The second-order valence-electron chi connectivity index (χ2n) is 12.0. The van der Waals surface area contributed by atoms with Crippen LogP contribution < -0.4 is 5.46 Å². The van der Waals surface area contributed by atoms with Gasteiger partial charge in [-0.05, 0) is 67.1 Å². The molecule has 0 amide bonds. The van der Waals surface area contributed by atoms with Crippen LogP contribution in [0.5, 0.6) is 0 Å². The third-order valence-electron chi connectivity index (χ3n) is 8.96. The van der Waals surface area contributed by atoms with E-state index in [9.17, 15) is 0 Å². The van der Waals surface area contributed by atoms with Gasteiger partial charge in [-0.25, -0.2) is 0 Å². The first-order valence-corrected chi connectivity index (χ1v) is 14.0. The van der Waals surface area contributed by atoms with Crippen molar-refractivity contribution < 1.29 is 9.31 Å². The maximum atomic E-state index is 6.48. The van der Waals surface area contributed by atoms with Gasteiger partial charge in [0.05, 0.1) is 11.2 Å². The van der Waals surface area contributed by atoms with Crippen LogP contribution in [0, 0.1) is 0 Å². The summed E-state index contributed by atoms with van der Waals surface area (Å²) in [5, 5.41) is 2.59. The first kappa shape index (κ1) is 23.2. The topological polar surface area (TPSA) is 18.5 Å². The number of hydrogen-bond acceptors (Lipinski definition) is 3. The van der Waals surface area contributed by atoms with Gasteiger partial charge < -0.3 is 9.31 Å². The molecule has 2 nitrogen and oxygen atoms in total. The monoisotopic (exact) mass is 502 g/mol. The van der Waals surface area contributed by atoms with Crippen LogP contribution in [-0.2, 0) is 14.7 Å². The normalized spacial score (nSPS) is 18.9. The summed E-state index contributed by atoms with van der Waals surface area (Å²) >= 11 is 1.84. The van der Waals surface area contributed by atoms with Gasteiger partial charge in [0, 0.05) is 31.1 Å². The standard InChI is InChI=1S/C33H31BO2S/c1-31(2)24-16-8-7-12-22(24)28-20(13-9-17-25(28)31)21-14-11-19-27-29(21)23-15-10-18-26(30(23)37-27)34-35-32(3,4)33(5,6)36-34/h7-19H,1-6H3. The largest absolute Gasteiger partial charge is 0.496 e. The Morgan fingerprint density at radius 2 is 1.24 bits per heavy atom. The summed E-state index contributed by atoms with van der Waals surface area (Å²) in [6, 6.07) is 29.1. The molecule has 2 heterocycles. The zero-order chi connectivity index (χ0) is 25.7. The Morgan fingerprint density at radius 3 is 2.03 bits per heavy atom. The minimum absolute atomic E-state index is 0.0174. The maximum absolute atomic E-state index is 6.48. The van der Waals surface area contributed by atoms with Crippen molar-refractivity contribution in [1.82, 2.24) is 0 Å². The predicted octanol–water partition coefficient (Wildman–Crippen LogP) is 8.33. The average Bonchev–Trinajstić information content (AvgIpc) is 3.44. The van der Waals surface area contributed by atoms with Crippen molar-refractivity contribution in [2.24, 2.45) is 0 Å². The summed E-state index contributed by atoms with van der Waals surface area (Å²) in [6.07, 6.45) is 0. The molecule has 5 aromatic rings. The number of benzene rings is 4. The van der Waals surface area contributed by atoms with Crippen molar-refractivity contribution in [2.45, 2.75) is 58.2 Å². The van der Waals surface area contributed by atoms with Crippen LogP contribution >= 0.6 is 11.3 Å². The molecule has 0 N–H and O–H groups in total. The van der Waals surface area contributed by atoms with Crippen molar-refractivity contribution in [3.05, 3.63) is 90.0 Å². The molecule has 4 heteroatoms. The Balaban J connectivity index is 1.48. The molecule has 1 aliphatic carbocycles. The average molecular weight is 502 g/mol. The first-order valence-electron chi connectivity index (χ1n) is 13.1. The van der Waals surface area contributed by atoms with Gasteiger partial charge in [-0.15, -0.1) is 11.3 Å². The molecule has 7 rings (SSSR count). The van der Waals surface area contributed by atoms with E-state index in [-0.39, 0.29) is 23.7 Å². The molecule has 0 saturated carbocycles. The van der Waals surface area contributed by atoms with E-state index < -0.39 is 0 Å². The minimum Gasteiger partial charge on any atom is -0.399 e. The molecule has 4 aromatic carbocycles. The third kappa shape index (κ3) is 3.13. The maximum Gasteiger partial charge on any atom is 0.496 e. The summed E-state index contributed by atoms with van der Waals surface area (Å²) in [4.78, 5) is 0. The number of hydrogen-bond donors (Lipinski definition) is 0. The Kier molecular flexibility index (Phi) is 4.75. The van der Waals surface area contributed by atoms with E-state index in [0.717, 1.165) is 5.46 Å². The summed E-state index contributed by atoms with van der Waals surface area (Å²) in [5.41, 5.74) is 8.50. The van der Waals surface area contributed by atoms with E-state index in [1.54, 1.807) is 0 Å². The van der Waals surface area contributed by atoms with E-state index in [0.29, 0.717) is 0 Å². The van der Waals surface area contributed by atoms with Crippen LogP contribution in [0.25, 0.3) is 42.4 Å². The Morgan fingerprint density at radius 1 is 0.622 bits per heavy atom. The molecule has 0 unspecified atom stereocenters. The molecule has 1 saturated heterocycles. The third-order valence-corrected chi connectivity index (χ3v) is 10.2. The molecule has 1 fully saturated rings. The Bertz CT molecular complexity index is 1710. The highest BCUT2D eigenvalue weighted by Gasteiger charge is 2.52. The highest BCUT2D eigenvalue weighted by Crippen LogP contribution is 2.53. The molecule has 1 aromatic heterocycles. The highest BCUT2D eigenvalue weighted by molar-refractivity contribution is 7.27. The SMILES string of the molecule is CC1(C)c2ccccc2-c2c(-c3cccc4sc5c(B6OC(C)(C)C(C)(C)O6)cccc5c34)cccc21. The van der Waals surface area contributed by atoms with Gasteiger partial charge in [0.2, 0.25) is 0 Å². The van der Waals surface area contributed by atoms with Crippen molar-refractivity contribution in [1.29, 1.82) is 0 Å². The summed E-state index contributed by atoms with van der Waals surface area (Å²) in [6.45, 7) is 13.2. The molecule has 1 aliphatic heterocycles. The van der Waals surface area contributed by atoms with Gasteiger partial charge in [-0.3, -0.25) is 0 Å². The van der Waals surface area contributed by atoms with Gasteiger partial charge in [-0.2, -0.15) is 0 Å². The quantitative estimate of drug-likeness (QED) is 0.226. The summed E-state index contributed by atoms with van der Waals surface area (Å²) < 4.78 is 15.5. The second kappa shape index (κ2) is 7.57. The van der Waals surface area contributed by atoms with Crippen LogP contribution in [-0.4, -0.2) is 18.3 Å². The van der Waals surface area contributed by atoms with E-state index >= 15 is 0 Å². The highest BCUT2D eigenvalue weighted by atomic mass is 32.1. The Hall–Kier alpha value is -2.92. The number of fused-ring (bicyclic) bond motifs is 6. The van der Waals surface area contributed by atoms with E-state index in [4.69, 9.17) is 9.31 Å². The van der Waals surface area contributed by atoms with E-state index in [1.807, 2.05) is 11.3 Å². The zero-order valence-electron chi connectivity index (χ0n) is 22.3. The molecule has 0 spiro atoms. The molecule has 184 valence electrons. The molecule has 0 atom stereocenters. The van der Waals surface area contributed by atoms with Gasteiger partial charge in [0.1, 0.15) is 0 Å². The van der Waals surface area contributed by atoms with Gasteiger partial charge in [0.25, 0.3) is 0 Å². The molecule has 37 heavy (non-hydrogen) atoms. The molecule has 2 aliphatic rings. The van der Waals surface area contributed by atoms with Crippen molar-refractivity contribution >= 4 is 44.1 Å². The second-order valence-corrected chi connectivity index (χ2v) is 13.0. The predicted molar refractivity (Wildman–Crippen MR) is 158 cm³/mol. The fourth-order valence-corrected chi connectivity index (χ4v) is 7.48. The lowest BCUT2D eigenvalue weighted by atomic mass is 9.78. The summed E-state index contributed by atoms with van der Waals surface area (Å²) in [5.74, 6) is 0. The fraction of sp³-hybridized carbons (Fsp3) is 0.273. The van der Waals surface area contributed by atoms with Gasteiger partial charge in [-0.1, -0.05) is 86.6 Å². The smallest absolute Gasteiger partial charge is 0.399 e. The molecule has 0 radical (unpaired) electrons. The van der Waals surface area contributed by atoms with Crippen molar-refractivity contribution in [3.63, 3.8) is 0 Å². The lowest BCUT2D eigenvalue weighted by Gasteiger charge is -2.32. The molecular formula is C33H31BO2S. The zero-order valence-corrected chi connectivity index (χ0v) is 23.1.